The van der Waals surface area contributed by atoms with Crippen molar-refractivity contribution in [2.45, 2.75) is 18.6 Å². The van der Waals surface area contributed by atoms with Crippen molar-refractivity contribution < 1.29 is 19.8 Å². The molecule has 0 radical (unpaired) electrons. The maximum Gasteiger partial charge on any atom is 0.321 e. The zero-order valence-electron chi connectivity index (χ0n) is 9.04. The van der Waals surface area contributed by atoms with E-state index in [-0.39, 0.29) is 12.2 Å². The Morgan fingerprint density at radius 2 is 2.00 bits per heavy atom. The number of aromatic hydroxyl groups is 1. The number of carbonyl (C=O) groups is 2. The molecule has 0 spiro atoms. The summed E-state index contributed by atoms with van der Waals surface area (Å²) >= 11 is 0. The Balaban J connectivity index is 2.69. The van der Waals surface area contributed by atoms with Crippen molar-refractivity contribution in [1.82, 2.24) is 5.32 Å². The molecule has 0 saturated heterocycles. The second kappa shape index (κ2) is 5.97. The third kappa shape index (κ3) is 4.21. The first-order valence-electron chi connectivity index (χ1n) is 5.00. The van der Waals surface area contributed by atoms with E-state index in [4.69, 9.17) is 15.9 Å². The second-order valence-electron chi connectivity index (χ2n) is 3.59. The monoisotopic (exact) mass is 238 g/mol. The van der Waals surface area contributed by atoms with E-state index in [1.165, 1.54) is 12.1 Å². The van der Waals surface area contributed by atoms with Gasteiger partial charge in [-0.25, -0.2) is 0 Å². The smallest absolute Gasteiger partial charge is 0.321 e. The van der Waals surface area contributed by atoms with Gasteiger partial charge in [0.1, 0.15) is 18.0 Å². The van der Waals surface area contributed by atoms with Crippen LogP contribution in [0.25, 0.3) is 0 Å². The summed E-state index contributed by atoms with van der Waals surface area (Å²) in [5.41, 5.74) is 6.03. The normalized spacial score (nSPS) is 13.9. The van der Waals surface area contributed by atoms with Gasteiger partial charge in [0.2, 0.25) is 0 Å². The molecule has 0 amide bonds. The van der Waals surface area contributed by atoms with Gasteiger partial charge in [-0.15, -0.1) is 0 Å². The van der Waals surface area contributed by atoms with Crippen LogP contribution >= 0.6 is 0 Å². The van der Waals surface area contributed by atoms with Crippen molar-refractivity contribution in [3.8, 4) is 5.75 Å². The highest BCUT2D eigenvalue weighted by molar-refractivity contribution is 5.74. The minimum Gasteiger partial charge on any atom is -0.508 e. The molecule has 0 aromatic heterocycles. The Bertz CT molecular complexity index is 391. The standard InChI is InChI=1S/C11H14N2O4/c12-10(6-14)13-9(11(16)17)5-7-1-3-8(15)4-2-7/h1-4,6,9-10,13,15H,5,12H2,(H,16,17). The molecule has 1 aromatic carbocycles. The van der Waals surface area contributed by atoms with E-state index in [9.17, 15) is 9.59 Å². The molecule has 2 unspecified atom stereocenters. The van der Waals surface area contributed by atoms with Crippen molar-refractivity contribution >= 4 is 12.3 Å². The summed E-state index contributed by atoms with van der Waals surface area (Å²) in [4.78, 5) is 21.3. The van der Waals surface area contributed by atoms with Crippen LogP contribution in [0, 0.1) is 0 Å². The molecule has 1 rings (SSSR count). The van der Waals surface area contributed by atoms with Crippen LogP contribution < -0.4 is 11.1 Å². The number of hydrogen-bond acceptors (Lipinski definition) is 5. The summed E-state index contributed by atoms with van der Waals surface area (Å²) in [5.74, 6) is -0.978. The van der Waals surface area contributed by atoms with E-state index in [1.807, 2.05) is 0 Å². The number of carbonyl (C=O) groups excluding carboxylic acids is 1. The maximum atomic E-state index is 10.9. The SMILES string of the molecule is NC(C=O)NC(Cc1ccc(O)cc1)C(=O)O. The van der Waals surface area contributed by atoms with E-state index >= 15 is 0 Å². The van der Waals surface area contributed by atoms with Gasteiger partial charge >= 0.3 is 5.97 Å². The lowest BCUT2D eigenvalue weighted by atomic mass is 10.1. The van der Waals surface area contributed by atoms with Gasteiger partial charge in [-0.2, -0.15) is 0 Å². The number of phenols is 1. The molecular weight excluding hydrogens is 224 g/mol. The Labute approximate surface area is 98.1 Å². The fourth-order valence-corrected chi connectivity index (χ4v) is 1.36. The van der Waals surface area contributed by atoms with Crippen molar-refractivity contribution in [3.63, 3.8) is 0 Å². The van der Waals surface area contributed by atoms with E-state index in [0.717, 1.165) is 5.56 Å². The highest BCUT2D eigenvalue weighted by atomic mass is 16.4. The van der Waals surface area contributed by atoms with E-state index in [0.29, 0.717) is 6.29 Å². The molecule has 17 heavy (non-hydrogen) atoms. The summed E-state index contributed by atoms with van der Waals surface area (Å²) in [5, 5.41) is 20.5. The van der Waals surface area contributed by atoms with Crippen molar-refractivity contribution in [2.75, 3.05) is 0 Å². The van der Waals surface area contributed by atoms with Crippen LogP contribution in [0.1, 0.15) is 5.56 Å². The summed E-state index contributed by atoms with van der Waals surface area (Å²) in [6, 6.07) is 5.21. The van der Waals surface area contributed by atoms with Crippen LogP contribution in [0.4, 0.5) is 0 Å². The fraction of sp³-hybridized carbons (Fsp3) is 0.273. The number of phenolic OH excluding ortho intramolecular Hbond substituents is 1. The summed E-state index contributed by atoms with van der Waals surface area (Å²) in [7, 11) is 0. The van der Waals surface area contributed by atoms with Gasteiger partial charge in [-0.05, 0) is 24.1 Å². The van der Waals surface area contributed by atoms with Gasteiger partial charge in [-0.3, -0.25) is 10.1 Å². The Morgan fingerprint density at radius 1 is 1.41 bits per heavy atom. The number of aldehydes is 1. The largest absolute Gasteiger partial charge is 0.508 e. The maximum absolute atomic E-state index is 10.9. The summed E-state index contributed by atoms with van der Waals surface area (Å²) < 4.78 is 0. The van der Waals surface area contributed by atoms with Crippen LogP contribution in [-0.2, 0) is 16.0 Å². The molecule has 0 bridgehead atoms. The highest BCUT2D eigenvalue weighted by Gasteiger charge is 2.19. The molecule has 0 saturated carbocycles. The van der Waals surface area contributed by atoms with Gasteiger partial charge in [-0.1, -0.05) is 12.1 Å². The fourth-order valence-electron chi connectivity index (χ4n) is 1.36. The number of benzene rings is 1. The number of hydrogen-bond donors (Lipinski definition) is 4. The lowest BCUT2D eigenvalue weighted by Crippen LogP contribution is -2.49. The van der Waals surface area contributed by atoms with Gasteiger partial charge in [0.05, 0.1) is 0 Å². The predicted octanol–water partition coefficient (Wildman–Crippen LogP) is -0.539. The number of carboxylic acids is 1. The van der Waals surface area contributed by atoms with E-state index in [1.54, 1.807) is 12.1 Å². The highest BCUT2D eigenvalue weighted by Crippen LogP contribution is 2.11. The molecule has 6 nitrogen and oxygen atoms in total. The van der Waals surface area contributed by atoms with Crippen LogP contribution in [0.2, 0.25) is 0 Å². The topological polar surface area (TPSA) is 113 Å². The molecular formula is C11H14N2O4. The van der Waals surface area contributed by atoms with Crippen LogP contribution in [-0.4, -0.2) is 34.7 Å². The first kappa shape index (κ1) is 13.1. The van der Waals surface area contributed by atoms with Crippen LogP contribution in [0.5, 0.6) is 5.75 Å². The molecule has 6 heteroatoms. The van der Waals surface area contributed by atoms with Gasteiger partial charge < -0.3 is 20.7 Å². The van der Waals surface area contributed by atoms with Gasteiger partial charge in [0.25, 0.3) is 0 Å². The minimum atomic E-state index is -1.09. The quantitative estimate of drug-likeness (QED) is 0.391. The van der Waals surface area contributed by atoms with Gasteiger partial charge in [0.15, 0.2) is 6.29 Å². The predicted molar refractivity (Wildman–Crippen MR) is 60.4 cm³/mol. The minimum absolute atomic E-state index is 0.109. The second-order valence-corrected chi connectivity index (χ2v) is 3.59. The molecule has 2 atom stereocenters. The molecule has 0 aliphatic heterocycles. The van der Waals surface area contributed by atoms with Crippen LogP contribution in [0.3, 0.4) is 0 Å². The third-order valence-electron chi connectivity index (χ3n) is 2.21. The van der Waals surface area contributed by atoms with Crippen LogP contribution in [0.15, 0.2) is 24.3 Å². The molecule has 92 valence electrons. The van der Waals surface area contributed by atoms with Crippen molar-refractivity contribution in [2.24, 2.45) is 5.73 Å². The zero-order valence-corrected chi connectivity index (χ0v) is 9.04. The molecule has 0 aliphatic rings. The number of aliphatic carboxylic acids is 1. The number of rotatable bonds is 6. The summed E-state index contributed by atoms with van der Waals surface area (Å²) in [6.45, 7) is 0. The number of carboxylic acid groups (broad SMARTS) is 1. The molecule has 0 aliphatic carbocycles. The van der Waals surface area contributed by atoms with Crippen molar-refractivity contribution in [1.29, 1.82) is 0 Å². The molecule has 0 heterocycles. The van der Waals surface area contributed by atoms with E-state index in [2.05, 4.69) is 5.32 Å². The average molecular weight is 238 g/mol. The molecule has 5 N–H and O–H groups in total. The third-order valence-corrected chi connectivity index (χ3v) is 2.21. The lowest BCUT2D eigenvalue weighted by Gasteiger charge is -2.16. The van der Waals surface area contributed by atoms with Gasteiger partial charge in [0, 0.05) is 0 Å². The molecule has 1 aromatic rings. The van der Waals surface area contributed by atoms with E-state index < -0.39 is 18.2 Å². The first-order chi connectivity index (χ1) is 8.02. The Kier molecular flexibility index (Phi) is 4.62. The lowest BCUT2D eigenvalue weighted by molar-refractivity contribution is -0.139. The van der Waals surface area contributed by atoms with Crippen molar-refractivity contribution in [3.05, 3.63) is 29.8 Å². The Hall–Kier alpha value is -1.92. The molecule has 0 fully saturated rings. The zero-order chi connectivity index (χ0) is 12.8. The first-order valence-corrected chi connectivity index (χ1v) is 5.00. The average Bonchev–Trinajstić information content (AvgIpc) is 2.30. The Morgan fingerprint density at radius 3 is 2.47 bits per heavy atom. The number of nitrogens with two attached hydrogens (primary N) is 1. The summed E-state index contributed by atoms with van der Waals surface area (Å²) in [6.07, 6.45) is -0.391. The number of nitrogens with one attached hydrogen (secondary N) is 1.